The number of rotatable bonds is 4. The fourth-order valence-corrected chi connectivity index (χ4v) is 3.99. The lowest BCUT2D eigenvalue weighted by molar-refractivity contribution is 0.269. The summed E-state index contributed by atoms with van der Waals surface area (Å²) in [6, 6.07) is 6.30. The van der Waals surface area contributed by atoms with Gasteiger partial charge >= 0.3 is 0 Å². The van der Waals surface area contributed by atoms with Crippen LogP contribution in [0.1, 0.15) is 44.9 Å². The zero-order valence-electron chi connectivity index (χ0n) is 12.5. The number of nitrogens with zero attached hydrogens (tertiary/aromatic N) is 2. The van der Waals surface area contributed by atoms with Crippen molar-refractivity contribution in [3.05, 3.63) is 28.5 Å². The second kappa shape index (κ2) is 6.70. The third kappa shape index (κ3) is 3.45. The van der Waals surface area contributed by atoms with Gasteiger partial charge in [-0.1, -0.05) is 48.5 Å². The van der Waals surface area contributed by atoms with E-state index in [-0.39, 0.29) is 0 Å². The van der Waals surface area contributed by atoms with E-state index in [1.54, 1.807) is 0 Å². The number of hydrogen-bond acceptors (Lipinski definition) is 1. The molecule has 114 valence electrons. The van der Waals surface area contributed by atoms with Gasteiger partial charge < -0.3 is 4.57 Å². The minimum absolute atomic E-state index is 0.480. The van der Waals surface area contributed by atoms with Crippen LogP contribution in [0.2, 0.25) is 0 Å². The van der Waals surface area contributed by atoms with Gasteiger partial charge in [0, 0.05) is 11.0 Å². The summed E-state index contributed by atoms with van der Waals surface area (Å²) >= 11 is 9.60. The fraction of sp³-hybridized carbons (Fsp3) is 0.588. The van der Waals surface area contributed by atoms with Gasteiger partial charge in [0.05, 0.1) is 16.9 Å². The van der Waals surface area contributed by atoms with Crippen molar-refractivity contribution < 1.29 is 0 Å². The molecule has 4 heteroatoms. The van der Waals surface area contributed by atoms with Crippen LogP contribution >= 0.6 is 27.5 Å². The molecule has 0 unspecified atom stereocenters. The SMILES string of the molecule is CC1CCC(CCn2c(CCl)nc3cc(Br)ccc32)CC1. The Morgan fingerprint density at radius 3 is 2.76 bits per heavy atom. The molecule has 1 saturated carbocycles. The molecule has 1 aromatic carbocycles. The Morgan fingerprint density at radius 2 is 2.05 bits per heavy atom. The number of halogens is 2. The minimum Gasteiger partial charge on any atom is -0.327 e. The predicted octanol–water partition coefficient (Wildman–Crippen LogP) is 5.75. The van der Waals surface area contributed by atoms with Crippen LogP contribution in [0, 0.1) is 11.8 Å². The Hall–Kier alpha value is -0.540. The monoisotopic (exact) mass is 368 g/mol. The first-order valence-electron chi connectivity index (χ1n) is 7.88. The molecule has 1 fully saturated rings. The van der Waals surface area contributed by atoms with Crippen molar-refractivity contribution in [3.8, 4) is 0 Å². The van der Waals surface area contributed by atoms with E-state index in [0.717, 1.165) is 34.2 Å². The third-order valence-corrected chi connectivity index (χ3v) is 5.54. The van der Waals surface area contributed by atoms with Gasteiger partial charge in [-0.2, -0.15) is 0 Å². The molecule has 0 radical (unpaired) electrons. The van der Waals surface area contributed by atoms with Crippen molar-refractivity contribution in [1.29, 1.82) is 0 Å². The second-order valence-corrected chi connectivity index (χ2v) is 7.54. The van der Waals surface area contributed by atoms with Crippen molar-refractivity contribution in [3.63, 3.8) is 0 Å². The van der Waals surface area contributed by atoms with Gasteiger partial charge in [-0.25, -0.2) is 4.98 Å². The highest BCUT2D eigenvalue weighted by Crippen LogP contribution is 2.31. The van der Waals surface area contributed by atoms with Crippen LogP contribution in [0.4, 0.5) is 0 Å². The molecule has 1 heterocycles. The Labute approximate surface area is 140 Å². The van der Waals surface area contributed by atoms with Gasteiger partial charge in [0.15, 0.2) is 0 Å². The number of aromatic nitrogens is 2. The van der Waals surface area contributed by atoms with Crippen molar-refractivity contribution >= 4 is 38.6 Å². The molecule has 0 amide bonds. The first-order chi connectivity index (χ1) is 10.2. The molecule has 2 nitrogen and oxygen atoms in total. The summed E-state index contributed by atoms with van der Waals surface area (Å²) in [6.07, 6.45) is 6.80. The molecule has 0 saturated heterocycles. The van der Waals surface area contributed by atoms with Crippen LogP contribution in [0.15, 0.2) is 22.7 Å². The molecule has 0 spiro atoms. The van der Waals surface area contributed by atoms with Crippen LogP contribution in [-0.2, 0) is 12.4 Å². The summed E-state index contributed by atoms with van der Waals surface area (Å²) in [4.78, 5) is 4.67. The van der Waals surface area contributed by atoms with Crippen LogP contribution in [-0.4, -0.2) is 9.55 Å². The molecule has 21 heavy (non-hydrogen) atoms. The molecular formula is C17H22BrClN2. The van der Waals surface area contributed by atoms with E-state index in [1.165, 1.54) is 37.6 Å². The van der Waals surface area contributed by atoms with Gasteiger partial charge in [0.25, 0.3) is 0 Å². The van der Waals surface area contributed by atoms with E-state index in [4.69, 9.17) is 11.6 Å². The third-order valence-electron chi connectivity index (χ3n) is 4.81. The number of fused-ring (bicyclic) bond motifs is 1. The lowest BCUT2D eigenvalue weighted by Gasteiger charge is -2.26. The van der Waals surface area contributed by atoms with Crippen LogP contribution in [0.3, 0.4) is 0 Å². The molecule has 1 aliphatic carbocycles. The number of imidazole rings is 1. The number of alkyl halides is 1. The molecule has 0 aliphatic heterocycles. The predicted molar refractivity (Wildman–Crippen MR) is 92.7 cm³/mol. The maximum absolute atomic E-state index is 6.09. The maximum atomic E-state index is 6.09. The van der Waals surface area contributed by atoms with Gasteiger partial charge in [0.1, 0.15) is 5.82 Å². The Balaban J connectivity index is 1.76. The number of aryl methyl sites for hydroxylation is 1. The average molecular weight is 370 g/mol. The van der Waals surface area contributed by atoms with Crippen LogP contribution in [0.25, 0.3) is 11.0 Å². The zero-order valence-corrected chi connectivity index (χ0v) is 14.8. The standard InChI is InChI=1S/C17H22BrClN2/c1-12-2-4-13(5-3-12)8-9-21-16-7-6-14(18)10-15(16)20-17(21)11-19/h6-7,10,12-13H,2-5,8-9,11H2,1H3. The van der Waals surface area contributed by atoms with Gasteiger partial charge in [-0.15, -0.1) is 11.6 Å². The summed E-state index contributed by atoms with van der Waals surface area (Å²) in [5, 5.41) is 0. The van der Waals surface area contributed by atoms with Gasteiger partial charge in [-0.05, 0) is 36.5 Å². The molecule has 1 aliphatic rings. The molecule has 2 aromatic rings. The zero-order chi connectivity index (χ0) is 14.8. The quantitative estimate of drug-likeness (QED) is 0.627. The summed E-state index contributed by atoms with van der Waals surface area (Å²) in [5.74, 6) is 3.27. The van der Waals surface area contributed by atoms with E-state index >= 15 is 0 Å². The first kappa shape index (κ1) is 15.4. The molecule has 0 N–H and O–H groups in total. The molecule has 0 bridgehead atoms. The molecular weight excluding hydrogens is 348 g/mol. The van der Waals surface area contributed by atoms with Crippen LogP contribution in [0.5, 0.6) is 0 Å². The van der Waals surface area contributed by atoms with Gasteiger partial charge in [0.2, 0.25) is 0 Å². The average Bonchev–Trinajstić information content (AvgIpc) is 2.83. The van der Waals surface area contributed by atoms with E-state index in [2.05, 4.69) is 50.6 Å². The Morgan fingerprint density at radius 1 is 1.29 bits per heavy atom. The fourth-order valence-electron chi connectivity index (χ4n) is 3.43. The Bertz CT molecular complexity index is 615. The smallest absolute Gasteiger partial charge is 0.124 e. The molecule has 3 rings (SSSR count). The van der Waals surface area contributed by atoms with E-state index in [9.17, 15) is 0 Å². The van der Waals surface area contributed by atoms with Crippen LogP contribution < -0.4 is 0 Å². The first-order valence-corrected chi connectivity index (χ1v) is 9.20. The van der Waals surface area contributed by atoms with Crippen molar-refractivity contribution in [2.24, 2.45) is 11.8 Å². The van der Waals surface area contributed by atoms with Crippen molar-refractivity contribution in [2.45, 2.75) is 51.5 Å². The largest absolute Gasteiger partial charge is 0.327 e. The lowest BCUT2D eigenvalue weighted by atomic mass is 9.81. The maximum Gasteiger partial charge on any atom is 0.124 e. The highest BCUT2D eigenvalue weighted by molar-refractivity contribution is 9.10. The number of benzene rings is 1. The minimum atomic E-state index is 0.480. The van der Waals surface area contributed by atoms with E-state index < -0.39 is 0 Å². The summed E-state index contributed by atoms with van der Waals surface area (Å²) in [5.41, 5.74) is 2.25. The summed E-state index contributed by atoms with van der Waals surface area (Å²) < 4.78 is 3.38. The lowest BCUT2D eigenvalue weighted by Crippen LogP contribution is -2.15. The van der Waals surface area contributed by atoms with Crippen molar-refractivity contribution in [2.75, 3.05) is 0 Å². The normalized spacial score (nSPS) is 22.8. The van der Waals surface area contributed by atoms with Gasteiger partial charge in [-0.3, -0.25) is 0 Å². The summed E-state index contributed by atoms with van der Waals surface area (Å²) in [6.45, 7) is 3.42. The van der Waals surface area contributed by atoms with E-state index in [1.807, 2.05) is 0 Å². The topological polar surface area (TPSA) is 17.8 Å². The number of hydrogen-bond donors (Lipinski definition) is 0. The highest BCUT2D eigenvalue weighted by Gasteiger charge is 2.19. The summed E-state index contributed by atoms with van der Waals surface area (Å²) in [7, 11) is 0. The molecule has 1 aromatic heterocycles. The Kier molecular flexibility index (Phi) is 4.90. The highest BCUT2D eigenvalue weighted by atomic mass is 79.9. The second-order valence-electron chi connectivity index (χ2n) is 6.36. The van der Waals surface area contributed by atoms with E-state index in [0.29, 0.717) is 5.88 Å². The van der Waals surface area contributed by atoms with Crippen molar-refractivity contribution in [1.82, 2.24) is 9.55 Å². The molecule has 0 atom stereocenters.